The fourth-order valence-corrected chi connectivity index (χ4v) is 2.29. The zero-order valence-corrected chi connectivity index (χ0v) is 13.7. The molecule has 1 aliphatic rings. The smallest absolute Gasteiger partial charge is 0.120 e. The van der Waals surface area contributed by atoms with Crippen LogP contribution in [0.3, 0.4) is 0 Å². The highest BCUT2D eigenvalue weighted by molar-refractivity contribution is 6.13. The van der Waals surface area contributed by atoms with E-state index in [4.69, 9.17) is 11.1 Å². The van der Waals surface area contributed by atoms with Crippen LogP contribution in [0.15, 0.2) is 29.3 Å². The Labute approximate surface area is 133 Å². The maximum absolute atomic E-state index is 7.71. The molecule has 0 saturated carbocycles. The molecule has 1 heterocycles. The van der Waals surface area contributed by atoms with Gasteiger partial charge in [0.05, 0.1) is 11.4 Å². The highest BCUT2D eigenvalue weighted by Gasteiger charge is 2.16. The number of nitrogens with two attached hydrogens (primary N) is 1. The molecule has 0 amide bonds. The summed E-state index contributed by atoms with van der Waals surface area (Å²) in [5, 5.41) is 11.2. The minimum atomic E-state index is 0.0195. The van der Waals surface area contributed by atoms with Crippen LogP contribution in [0.2, 0.25) is 0 Å². The maximum atomic E-state index is 7.71. The Balaban J connectivity index is 2.25. The normalized spacial score (nSPS) is 18.3. The van der Waals surface area contributed by atoms with Crippen molar-refractivity contribution in [3.63, 3.8) is 0 Å². The van der Waals surface area contributed by atoms with Gasteiger partial charge in [0.2, 0.25) is 0 Å². The van der Waals surface area contributed by atoms with E-state index in [-0.39, 0.29) is 5.54 Å². The zero-order valence-electron chi connectivity index (χ0n) is 13.7. The van der Waals surface area contributed by atoms with E-state index in [0.717, 1.165) is 48.2 Å². The third-order valence-corrected chi connectivity index (χ3v) is 4.08. The average molecular weight is 298 g/mol. The van der Waals surface area contributed by atoms with Crippen molar-refractivity contribution in [2.45, 2.75) is 52.0 Å². The molecule has 0 aliphatic carbocycles. The Bertz CT molecular complexity index is 612. The zero-order chi connectivity index (χ0) is 16.2. The summed E-state index contributed by atoms with van der Waals surface area (Å²) in [7, 11) is 0. The molecule has 0 radical (unpaired) electrons. The van der Waals surface area contributed by atoms with Gasteiger partial charge in [0.15, 0.2) is 0 Å². The Morgan fingerprint density at radius 1 is 1.36 bits per heavy atom. The van der Waals surface area contributed by atoms with E-state index < -0.39 is 0 Å². The van der Waals surface area contributed by atoms with Crippen molar-refractivity contribution in [3.8, 4) is 0 Å². The predicted molar refractivity (Wildman–Crippen MR) is 96.9 cm³/mol. The van der Waals surface area contributed by atoms with Crippen LogP contribution >= 0.6 is 0 Å². The maximum Gasteiger partial charge on any atom is 0.120 e. The molecule has 0 fully saturated rings. The Morgan fingerprint density at radius 2 is 2.14 bits per heavy atom. The molecule has 118 valence electrons. The van der Waals surface area contributed by atoms with Gasteiger partial charge < -0.3 is 11.1 Å². The third-order valence-electron chi connectivity index (χ3n) is 4.08. The van der Waals surface area contributed by atoms with Gasteiger partial charge in [-0.2, -0.15) is 0 Å². The third kappa shape index (κ3) is 4.20. The van der Waals surface area contributed by atoms with Crippen LogP contribution in [0, 0.1) is 5.41 Å². The molecule has 4 nitrogen and oxygen atoms in total. The molecule has 0 unspecified atom stereocenters. The number of aliphatic imine (C=N–C) groups is 1. The first-order valence-electron chi connectivity index (χ1n) is 7.91. The van der Waals surface area contributed by atoms with Gasteiger partial charge >= 0.3 is 0 Å². The second-order valence-electron chi connectivity index (χ2n) is 6.42. The van der Waals surface area contributed by atoms with E-state index in [9.17, 15) is 0 Å². The fraction of sp³-hybridized carbons (Fsp3) is 0.444. The number of nitrogen functional groups attached to an aromatic ring is 1. The molecule has 22 heavy (non-hydrogen) atoms. The van der Waals surface area contributed by atoms with Crippen LogP contribution in [0.25, 0.3) is 5.57 Å². The van der Waals surface area contributed by atoms with Gasteiger partial charge in [0.1, 0.15) is 5.84 Å². The molecular weight excluding hydrogens is 272 g/mol. The summed E-state index contributed by atoms with van der Waals surface area (Å²) < 4.78 is 0. The average Bonchev–Trinajstić information content (AvgIpc) is 2.46. The Morgan fingerprint density at radius 3 is 2.82 bits per heavy atom. The van der Waals surface area contributed by atoms with E-state index in [2.05, 4.69) is 43.2 Å². The Kier molecular flexibility index (Phi) is 5.01. The summed E-state index contributed by atoms with van der Waals surface area (Å²) in [5.74, 6) is 0.446. The summed E-state index contributed by atoms with van der Waals surface area (Å²) >= 11 is 0. The summed E-state index contributed by atoms with van der Waals surface area (Å²) in [4.78, 5) is 4.20. The Hall–Kier alpha value is -2.10. The number of nitrogens with one attached hydrogen (secondary N) is 2. The molecule has 2 rings (SSSR count). The number of amidine groups is 1. The first kappa shape index (κ1) is 16.3. The summed E-state index contributed by atoms with van der Waals surface area (Å²) in [6.07, 6.45) is 7.66. The minimum absolute atomic E-state index is 0.0195. The predicted octanol–water partition coefficient (Wildman–Crippen LogP) is 4.48. The van der Waals surface area contributed by atoms with E-state index in [0.29, 0.717) is 5.84 Å². The second-order valence-corrected chi connectivity index (χ2v) is 6.42. The van der Waals surface area contributed by atoms with Crippen LogP contribution < -0.4 is 11.1 Å². The van der Waals surface area contributed by atoms with Crippen LogP contribution in [-0.2, 0) is 0 Å². The van der Waals surface area contributed by atoms with Gasteiger partial charge in [-0.25, -0.2) is 4.99 Å². The SMILES string of the molecule is CCC(C)(C)Nc1ccc(/C2=C/CCCC(=N)N=C2)cc1N. The van der Waals surface area contributed by atoms with E-state index >= 15 is 0 Å². The lowest BCUT2D eigenvalue weighted by atomic mass is 9.99. The first-order chi connectivity index (χ1) is 10.4. The lowest BCUT2D eigenvalue weighted by molar-refractivity contribution is 0.547. The van der Waals surface area contributed by atoms with Crippen molar-refractivity contribution in [2.24, 2.45) is 4.99 Å². The molecule has 0 atom stereocenters. The van der Waals surface area contributed by atoms with Crippen molar-refractivity contribution in [3.05, 3.63) is 29.8 Å². The number of rotatable bonds is 4. The molecule has 0 bridgehead atoms. The van der Waals surface area contributed by atoms with Crippen molar-refractivity contribution < 1.29 is 0 Å². The van der Waals surface area contributed by atoms with E-state index in [1.54, 1.807) is 6.21 Å². The number of anilines is 2. The monoisotopic (exact) mass is 298 g/mol. The second kappa shape index (κ2) is 6.77. The number of benzene rings is 1. The fourth-order valence-electron chi connectivity index (χ4n) is 2.29. The standard InChI is InChI=1S/C18H26N4/c1-4-18(2,3)22-16-10-9-13(11-15(16)19)14-7-5-6-8-17(20)21-12-14/h7,9-12,20,22H,4-6,8,19H2,1-3H3/b14-7+,20-17?,21-12?. The lowest BCUT2D eigenvalue weighted by Gasteiger charge is -2.27. The van der Waals surface area contributed by atoms with Crippen molar-refractivity contribution in [1.82, 2.24) is 0 Å². The molecule has 4 N–H and O–H groups in total. The lowest BCUT2D eigenvalue weighted by Crippen LogP contribution is -2.30. The molecule has 1 aliphatic heterocycles. The van der Waals surface area contributed by atoms with Crippen molar-refractivity contribution >= 4 is 29.0 Å². The van der Waals surface area contributed by atoms with Crippen LogP contribution in [0.1, 0.15) is 52.0 Å². The molecule has 0 spiro atoms. The highest BCUT2D eigenvalue weighted by atomic mass is 15.0. The van der Waals surface area contributed by atoms with Crippen LogP contribution in [-0.4, -0.2) is 17.6 Å². The van der Waals surface area contributed by atoms with E-state index in [1.165, 1.54) is 0 Å². The quantitative estimate of drug-likeness (QED) is 0.717. The topological polar surface area (TPSA) is 74.3 Å². The molecule has 0 saturated heterocycles. The number of nitrogens with zero attached hydrogens (tertiary/aromatic N) is 1. The van der Waals surface area contributed by atoms with Gasteiger partial charge in [-0.3, -0.25) is 5.41 Å². The first-order valence-corrected chi connectivity index (χ1v) is 7.91. The van der Waals surface area contributed by atoms with Crippen LogP contribution in [0.5, 0.6) is 0 Å². The van der Waals surface area contributed by atoms with Crippen molar-refractivity contribution in [2.75, 3.05) is 11.1 Å². The van der Waals surface area contributed by atoms with Gasteiger partial charge in [-0.1, -0.05) is 19.1 Å². The van der Waals surface area contributed by atoms with Crippen molar-refractivity contribution in [1.29, 1.82) is 5.41 Å². The molecular formula is C18H26N4. The van der Waals surface area contributed by atoms with E-state index in [1.807, 2.05) is 12.1 Å². The largest absolute Gasteiger partial charge is 0.397 e. The molecule has 1 aromatic carbocycles. The van der Waals surface area contributed by atoms with Gasteiger partial charge in [-0.15, -0.1) is 0 Å². The summed E-state index contributed by atoms with van der Waals surface area (Å²) in [6.45, 7) is 6.48. The highest BCUT2D eigenvalue weighted by Crippen LogP contribution is 2.28. The molecule has 4 heteroatoms. The number of hydrogen-bond acceptors (Lipinski definition) is 3. The van der Waals surface area contributed by atoms with Crippen LogP contribution in [0.4, 0.5) is 11.4 Å². The number of hydrogen-bond donors (Lipinski definition) is 3. The van der Waals surface area contributed by atoms with Gasteiger partial charge in [-0.05, 0) is 56.4 Å². The van der Waals surface area contributed by atoms with Gasteiger partial charge in [0, 0.05) is 18.2 Å². The minimum Gasteiger partial charge on any atom is -0.397 e. The number of allylic oxidation sites excluding steroid dienone is 2. The van der Waals surface area contributed by atoms with Gasteiger partial charge in [0.25, 0.3) is 0 Å². The molecule has 1 aromatic rings. The summed E-state index contributed by atoms with van der Waals surface area (Å²) in [6, 6.07) is 6.07. The molecule has 0 aromatic heterocycles. The summed E-state index contributed by atoms with van der Waals surface area (Å²) in [5.41, 5.74) is 10.0.